The van der Waals surface area contributed by atoms with Gasteiger partial charge in [0.15, 0.2) is 0 Å². The van der Waals surface area contributed by atoms with Gasteiger partial charge < -0.3 is 10.6 Å². The predicted molar refractivity (Wildman–Crippen MR) is 74.9 cm³/mol. The standard InChI is InChI=1S/C14H24FN3/c1-4-7-18(9-8-17(2)3)11-12-5-6-14(16)13(15)10-12/h5-6,10H,4,7-9,11,16H2,1-3H3. The average molecular weight is 253 g/mol. The molecule has 18 heavy (non-hydrogen) atoms. The maximum atomic E-state index is 13.4. The van der Waals surface area contributed by atoms with Crippen LogP contribution in [0.5, 0.6) is 0 Å². The zero-order chi connectivity index (χ0) is 13.5. The molecule has 3 nitrogen and oxygen atoms in total. The molecule has 0 aliphatic heterocycles. The maximum absolute atomic E-state index is 13.4. The highest BCUT2D eigenvalue weighted by Crippen LogP contribution is 2.13. The van der Waals surface area contributed by atoms with Crippen LogP contribution >= 0.6 is 0 Å². The Balaban J connectivity index is 2.61. The van der Waals surface area contributed by atoms with Crippen molar-refractivity contribution >= 4 is 5.69 Å². The van der Waals surface area contributed by atoms with Gasteiger partial charge in [-0.1, -0.05) is 13.0 Å². The van der Waals surface area contributed by atoms with E-state index in [9.17, 15) is 4.39 Å². The first-order valence-corrected chi connectivity index (χ1v) is 6.44. The maximum Gasteiger partial charge on any atom is 0.146 e. The highest BCUT2D eigenvalue weighted by molar-refractivity contribution is 5.41. The van der Waals surface area contributed by atoms with Crippen LogP contribution in [0.2, 0.25) is 0 Å². The molecule has 1 aromatic rings. The van der Waals surface area contributed by atoms with Gasteiger partial charge in [0.2, 0.25) is 0 Å². The van der Waals surface area contributed by atoms with Crippen molar-refractivity contribution in [3.63, 3.8) is 0 Å². The Morgan fingerprint density at radius 3 is 2.44 bits per heavy atom. The van der Waals surface area contributed by atoms with Crippen molar-refractivity contribution in [3.8, 4) is 0 Å². The molecule has 0 unspecified atom stereocenters. The third kappa shape index (κ3) is 5.02. The van der Waals surface area contributed by atoms with Crippen LogP contribution in [0, 0.1) is 5.82 Å². The lowest BCUT2D eigenvalue weighted by molar-refractivity contribution is 0.234. The van der Waals surface area contributed by atoms with Gasteiger partial charge in [-0.05, 0) is 44.8 Å². The summed E-state index contributed by atoms with van der Waals surface area (Å²) >= 11 is 0. The molecule has 0 aromatic heterocycles. The van der Waals surface area contributed by atoms with E-state index in [0.29, 0.717) is 0 Å². The summed E-state index contributed by atoms with van der Waals surface area (Å²) < 4.78 is 13.4. The molecule has 0 aliphatic rings. The van der Waals surface area contributed by atoms with Crippen molar-refractivity contribution < 1.29 is 4.39 Å². The summed E-state index contributed by atoms with van der Waals surface area (Å²) in [6.45, 7) is 5.97. The van der Waals surface area contributed by atoms with Crippen molar-refractivity contribution in [2.75, 3.05) is 39.5 Å². The summed E-state index contributed by atoms with van der Waals surface area (Å²) in [7, 11) is 4.13. The minimum Gasteiger partial charge on any atom is -0.396 e. The Morgan fingerprint density at radius 2 is 1.89 bits per heavy atom. The molecule has 0 saturated heterocycles. The zero-order valence-electron chi connectivity index (χ0n) is 11.6. The van der Waals surface area contributed by atoms with Crippen LogP contribution in [-0.4, -0.2) is 43.5 Å². The Hall–Kier alpha value is -1.13. The van der Waals surface area contributed by atoms with Gasteiger partial charge in [-0.3, -0.25) is 4.90 Å². The largest absolute Gasteiger partial charge is 0.396 e. The first-order valence-electron chi connectivity index (χ1n) is 6.44. The number of nitrogens with two attached hydrogens (primary N) is 1. The fourth-order valence-corrected chi connectivity index (χ4v) is 1.85. The van der Waals surface area contributed by atoms with Gasteiger partial charge in [0.05, 0.1) is 5.69 Å². The highest BCUT2D eigenvalue weighted by atomic mass is 19.1. The van der Waals surface area contributed by atoms with Gasteiger partial charge in [-0.2, -0.15) is 0 Å². The molecule has 0 atom stereocenters. The molecule has 0 amide bonds. The smallest absolute Gasteiger partial charge is 0.146 e. The molecule has 0 aliphatic carbocycles. The minimum absolute atomic E-state index is 0.217. The Morgan fingerprint density at radius 1 is 1.17 bits per heavy atom. The van der Waals surface area contributed by atoms with Crippen molar-refractivity contribution in [2.45, 2.75) is 19.9 Å². The SMILES string of the molecule is CCCN(CCN(C)C)Cc1ccc(N)c(F)c1. The summed E-state index contributed by atoms with van der Waals surface area (Å²) in [5.41, 5.74) is 6.68. The quantitative estimate of drug-likeness (QED) is 0.756. The summed E-state index contributed by atoms with van der Waals surface area (Å²) in [4.78, 5) is 4.50. The van der Waals surface area contributed by atoms with Crippen LogP contribution < -0.4 is 5.73 Å². The van der Waals surface area contributed by atoms with Crippen LogP contribution in [0.4, 0.5) is 10.1 Å². The lowest BCUT2D eigenvalue weighted by Gasteiger charge is -2.23. The number of anilines is 1. The van der Waals surface area contributed by atoms with Gasteiger partial charge in [0.1, 0.15) is 5.82 Å². The van der Waals surface area contributed by atoms with Crippen molar-refractivity contribution in [1.82, 2.24) is 9.80 Å². The van der Waals surface area contributed by atoms with Crippen LogP contribution in [-0.2, 0) is 6.54 Å². The summed E-state index contributed by atoms with van der Waals surface area (Å²) in [5, 5.41) is 0. The topological polar surface area (TPSA) is 32.5 Å². The molecule has 4 heteroatoms. The highest BCUT2D eigenvalue weighted by Gasteiger charge is 2.07. The molecular weight excluding hydrogens is 229 g/mol. The van der Waals surface area contributed by atoms with Crippen molar-refractivity contribution in [2.24, 2.45) is 0 Å². The normalized spacial score (nSPS) is 11.4. The van der Waals surface area contributed by atoms with Crippen molar-refractivity contribution in [1.29, 1.82) is 0 Å². The van der Waals surface area contributed by atoms with Gasteiger partial charge in [-0.15, -0.1) is 0 Å². The average Bonchev–Trinajstić information content (AvgIpc) is 2.31. The third-order valence-corrected chi connectivity index (χ3v) is 2.87. The zero-order valence-corrected chi connectivity index (χ0v) is 11.6. The van der Waals surface area contributed by atoms with E-state index < -0.39 is 0 Å². The first kappa shape index (κ1) is 14.9. The molecule has 0 saturated carbocycles. The van der Waals surface area contributed by atoms with Crippen LogP contribution in [0.3, 0.4) is 0 Å². The lowest BCUT2D eigenvalue weighted by Crippen LogP contribution is -2.32. The molecule has 0 heterocycles. The van der Waals surface area contributed by atoms with E-state index in [2.05, 4.69) is 30.8 Å². The fraction of sp³-hybridized carbons (Fsp3) is 0.571. The molecule has 2 N–H and O–H groups in total. The molecular formula is C14H24FN3. The third-order valence-electron chi connectivity index (χ3n) is 2.87. The second-order valence-corrected chi connectivity index (χ2v) is 4.94. The summed E-state index contributed by atoms with van der Waals surface area (Å²) in [6, 6.07) is 5.07. The minimum atomic E-state index is -0.323. The Kier molecular flexibility index (Phi) is 6.09. The van der Waals surface area contributed by atoms with E-state index in [1.54, 1.807) is 6.07 Å². The fourth-order valence-electron chi connectivity index (χ4n) is 1.85. The van der Waals surface area contributed by atoms with Gasteiger partial charge >= 0.3 is 0 Å². The first-order chi connectivity index (χ1) is 8.52. The van der Waals surface area contributed by atoms with E-state index in [-0.39, 0.29) is 11.5 Å². The van der Waals surface area contributed by atoms with Crippen molar-refractivity contribution in [3.05, 3.63) is 29.6 Å². The van der Waals surface area contributed by atoms with E-state index >= 15 is 0 Å². The Bertz CT molecular complexity index is 366. The van der Waals surface area contributed by atoms with E-state index in [1.165, 1.54) is 6.07 Å². The molecule has 0 bridgehead atoms. The molecule has 1 aromatic carbocycles. The Labute approximate surface area is 109 Å². The summed E-state index contributed by atoms with van der Waals surface area (Å²) in [5.74, 6) is -0.323. The second kappa shape index (κ2) is 7.34. The van der Waals surface area contributed by atoms with Gasteiger partial charge in [-0.25, -0.2) is 4.39 Å². The van der Waals surface area contributed by atoms with Gasteiger partial charge in [0, 0.05) is 19.6 Å². The van der Waals surface area contributed by atoms with Crippen LogP contribution in [0.25, 0.3) is 0 Å². The van der Waals surface area contributed by atoms with E-state index in [1.807, 2.05) is 6.07 Å². The number of nitrogen functional groups attached to an aromatic ring is 1. The number of halogens is 1. The second-order valence-electron chi connectivity index (χ2n) is 4.94. The monoisotopic (exact) mass is 253 g/mol. The van der Waals surface area contributed by atoms with Gasteiger partial charge in [0.25, 0.3) is 0 Å². The number of nitrogens with zero attached hydrogens (tertiary/aromatic N) is 2. The molecule has 0 spiro atoms. The van der Waals surface area contributed by atoms with E-state index in [4.69, 9.17) is 5.73 Å². The number of rotatable bonds is 7. The lowest BCUT2D eigenvalue weighted by atomic mass is 10.2. The molecule has 1 rings (SSSR count). The summed E-state index contributed by atoms with van der Waals surface area (Å²) in [6.07, 6.45) is 1.10. The molecule has 102 valence electrons. The number of hydrogen-bond donors (Lipinski definition) is 1. The number of benzene rings is 1. The molecule has 0 fully saturated rings. The number of hydrogen-bond acceptors (Lipinski definition) is 3. The number of likely N-dealkylation sites (N-methyl/N-ethyl adjacent to an activating group) is 1. The van der Waals surface area contributed by atoms with E-state index in [0.717, 1.165) is 38.2 Å². The van der Waals surface area contributed by atoms with Crippen LogP contribution in [0.1, 0.15) is 18.9 Å². The van der Waals surface area contributed by atoms with Crippen LogP contribution in [0.15, 0.2) is 18.2 Å². The predicted octanol–water partition coefficient (Wildman–Crippen LogP) is 2.18. The molecule has 0 radical (unpaired) electrons.